The number of nitrogens with one attached hydrogen (secondary N) is 1. The number of hydrogen-bond acceptors (Lipinski definition) is 2. The Bertz CT molecular complexity index is 145. The smallest absolute Gasteiger partial charge is 0.0534 e. The summed E-state index contributed by atoms with van der Waals surface area (Å²) in [5, 5.41) is 2.99. The Balaban J connectivity index is 3.90. The van der Waals surface area contributed by atoms with Crippen LogP contribution in [0.1, 0.15) is 6.92 Å². The minimum atomic E-state index is 0.772. The standard InChI is InChI=1S/C8H14N2/c1-4-5-6-8(10-3)7-9-2/h4-6,9H,3,7H2,1-2H3/b5-4-,8-6-. The first kappa shape index (κ1) is 9.11. The lowest BCUT2D eigenvalue weighted by molar-refractivity contribution is 0.873. The summed E-state index contributed by atoms with van der Waals surface area (Å²) in [7, 11) is 1.88. The molecule has 10 heavy (non-hydrogen) atoms. The Morgan fingerprint density at radius 1 is 1.70 bits per heavy atom. The van der Waals surface area contributed by atoms with Crippen LogP contribution < -0.4 is 5.32 Å². The van der Waals surface area contributed by atoms with Crippen LogP contribution in [-0.4, -0.2) is 20.3 Å². The molecule has 0 aromatic carbocycles. The molecule has 0 atom stereocenters. The molecule has 0 aliphatic heterocycles. The van der Waals surface area contributed by atoms with E-state index in [4.69, 9.17) is 0 Å². The minimum absolute atomic E-state index is 0.772. The Morgan fingerprint density at radius 3 is 2.80 bits per heavy atom. The minimum Gasteiger partial charge on any atom is -0.314 e. The zero-order chi connectivity index (χ0) is 7.82. The van der Waals surface area contributed by atoms with Gasteiger partial charge in [0.05, 0.1) is 5.70 Å². The van der Waals surface area contributed by atoms with Crippen LogP contribution in [0.15, 0.2) is 28.9 Å². The summed E-state index contributed by atoms with van der Waals surface area (Å²) in [6.45, 7) is 6.18. The van der Waals surface area contributed by atoms with Crippen molar-refractivity contribution in [2.75, 3.05) is 13.6 Å². The van der Waals surface area contributed by atoms with E-state index in [0.29, 0.717) is 0 Å². The van der Waals surface area contributed by atoms with Gasteiger partial charge in [0.1, 0.15) is 0 Å². The summed E-state index contributed by atoms with van der Waals surface area (Å²) < 4.78 is 0. The van der Waals surface area contributed by atoms with Gasteiger partial charge >= 0.3 is 0 Å². The fourth-order valence-electron chi connectivity index (χ4n) is 0.556. The molecule has 56 valence electrons. The third-order valence-electron chi connectivity index (χ3n) is 1.04. The second-order valence-electron chi connectivity index (χ2n) is 1.87. The van der Waals surface area contributed by atoms with Crippen molar-refractivity contribution in [3.63, 3.8) is 0 Å². The number of rotatable bonds is 4. The molecule has 1 N–H and O–H groups in total. The van der Waals surface area contributed by atoms with E-state index >= 15 is 0 Å². The Kier molecular flexibility index (Phi) is 5.68. The van der Waals surface area contributed by atoms with Gasteiger partial charge in [-0.3, -0.25) is 4.99 Å². The lowest BCUT2D eigenvalue weighted by atomic mass is 10.4. The summed E-state index contributed by atoms with van der Waals surface area (Å²) in [5.74, 6) is 0. The monoisotopic (exact) mass is 138 g/mol. The molecule has 2 nitrogen and oxygen atoms in total. The molecular weight excluding hydrogens is 124 g/mol. The highest BCUT2D eigenvalue weighted by atomic mass is 14.9. The van der Waals surface area contributed by atoms with Crippen LogP contribution in [0.5, 0.6) is 0 Å². The molecule has 0 radical (unpaired) electrons. The molecule has 0 aromatic rings. The van der Waals surface area contributed by atoms with E-state index in [-0.39, 0.29) is 0 Å². The zero-order valence-electron chi connectivity index (χ0n) is 6.59. The van der Waals surface area contributed by atoms with Crippen molar-refractivity contribution in [1.29, 1.82) is 0 Å². The molecule has 0 amide bonds. The maximum absolute atomic E-state index is 3.81. The van der Waals surface area contributed by atoms with Crippen LogP contribution >= 0.6 is 0 Å². The van der Waals surface area contributed by atoms with Gasteiger partial charge in [-0.2, -0.15) is 0 Å². The molecule has 0 aliphatic rings. The number of allylic oxidation sites excluding steroid dienone is 3. The van der Waals surface area contributed by atoms with E-state index in [1.54, 1.807) is 0 Å². The van der Waals surface area contributed by atoms with Gasteiger partial charge in [0.2, 0.25) is 0 Å². The number of likely N-dealkylation sites (N-methyl/N-ethyl adjacent to an activating group) is 1. The van der Waals surface area contributed by atoms with Crippen molar-refractivity contribution in [3.8, 4) is 0 Å². The van der Waals surface area contributed by atoms with E-state index in [9.17, 15) is 0 Å². The Labute approximate surface area is 62.4 Å². The topological polar surface area (TPSA) is 24.4 Å². The predicted molar refractivity (Wildman–Crippen MR) is 46.4 cm³/mol. The van der Waals surface area contributed by atoms with Crippen LogP contribution in [0.25, 0.3) is 0 Å². The lowest BCUT2D eigenvalue weighted by Crippen LogP contribution is -2.08. The quantitative estimate of drug-likeness (QED) is 0.460. The van der Waals surface area contributed by atoms with Gasteiger partial charge < -0.3 is 5.32 Å². The second-order valence-corrected chi connectivity index (χ2v) is 1.87. The van der Waals surface area contributed by atoms with Crippen LogP contribution in [0.2, 0.25) is 0 Å². The van der Waals surface area contributed by atoms with Gasteiger partial charge in [0.15, 0.2) is 0 Å². The molecule has 0 aromatic heterocycles. The molecule has 0 unspecified atom stereocenters. The molecule has 0 spiro atoms. The summed E-state index contributed by atoms with van der Waals surface area (Å²) in [4.78, 5) is 3.81. The van der Waals surface area contributed by atoms with E-state index in [1.165, 1.54) is 0 Å². The summed E-state index contributed by atoms with van der Waals surface area (Å²) in [6.07, 6.45) is 5.84. The first-order chi connectivity index (χ1) is 4.85. The third-order valence-corrected chi connectivity index (χ3v) is 1.04. The molecule has 2 heteroatoms. The number of hydrogen-bond donors (Lipinski definition) is 1. The maximum Gasteiger partial charge on any atom is 0.0534 e. The van der Waals surface area contributed by atoms with Crippen LogP contribution in [0.3, 0.4) is 0 Å². The van der Waals surface area contributed by atoms with Gasteiger partial charge in [-0.1, -0.05) is 12.2 Å². The van der Waals surface area contributed by atoms with Gasteiger partial charge in [0, 0.05) is 6.54 Å². The van der Waals surface area contributed by atoms with Crippen molar-refractivity contribution >= 4 is 6.72 Å². The van der Waals surface area contributed by atoms with Crippen molar-refractivity contribution in [3.05, 3.63) is 23.9 Å². The van der Waals surface area contributed by atoms with Crippen molar-refractivity contribution in [2.45, 2.75) is 6.92 Å². The van der Waals surface area contributed by atoms with E-state index < -0.39 is 0 Å². The van der Waals surface area contributed by atoms with Crippen LogP contribution in [0, 0.1) is 0 Å². The van der Waals surface area contributed by atoms with Crippen molar-refractivity contribution in [2.24, 2.45) is 4.99 Å². The average molecular weight is 138 g/mol. The normalized spacial score (nSPS) is 12.4. The highest BCUT2D eigenvalue weighted by molar-refractivity contribution is 5.30. The summed E-state index contributed by atoms with van der Waals surface area (Å²) in [5.41, 5.74) is 0.959. The first-order valence-electron chi connectivity index (χ1n) is 3.28. The molecule has 0 heterocycles. The van der Waals surface area contributed by atoms with E-state index in [1.807, 2.05) is 32.2 Å². The fraction of sp³-hybridized carbons (Fsp3) is 0.375. The molecule has 0 aliphatic carbocycles. The number of aliphatic imine (C=N–C) groups is 1. The Morgan fingerprint density at radius 2 is 2.40 bits per heavy atom. The van der Waals surface area contributed by atoms with Gasteiger partial charge in [0.25, 0.3) is 0 Å². The largest absolute Gasteiger partial charge is 0.314 e. The van der Waals surface area contributed by atoms with Crippen molar-refractivity contribution in [1.82, 2.24) is 5.32 Å². The first-order valence-corrected chi connectivity index (χ1v) is 3.28. The highest BCUT2D eigenvalue weighted by Crippen LogP contribution is 1.92. The van der Waals surface area contributed by atoms with Gasteiger partial charge in [-0.05, 0) is 26.8 Å². The zero-order valence-corrected chi connectivity index (χ0v) is 6.59. The average Bonchev–Trinajstić information content (AvgIpc) is 1.98. The SMILES string of the molecule is C=N/C(=C\C=C/C)CNC. The second kappa shape index (κ2) is 6.23. The van der Waals surface area contributed by atoms with E-state index in [2.05, 4.69) is 17.0 Å². The van der Waals surface area contributed by atoms with E-state index in [0.717, 1.165) is 12.2 Å². The van der Waals surface area contributed by atoms with Crippen LogP contribution in [0.4, 0.5) is 0 Å². The molecular formula is C8H14N2. The maximum atomic E-state index is 3.81. The Hall–Kier alpha value is -0.890. The molecule has 0 bridgehead atoms. The van der Waals surface area contributed by atoms with Crippen molar-refractivity contribution < 1.29 is 0 Å². The molecule has 0 saturated carbocycles. The van der Waals surface area contributed by atoms with Gasteiger partial charge in [-0.25, -0.2) is 0 Å². The predicted octanol–water partition coefficient (Wildman–Crippen LogP) is 1.37. The third kappa shape index (κ3) is 4.04. The summed E-state index contributed by atoms with van der Waals surface area (Å²) in [6, 6.07) is 0. The molecule has 0 rings (SSSR count). The molecule has 0 fully saturated rings. The van der Waals surface area contributed by atoms with Crippen LogP contribution in [-0.2, 0) is 0 Å². The summed E-state index contributed by atoms with van der Waals surface area (Å²) >= 11 is 0. The van der Waals surface area contributed by atoms with Gasteiger partial charge in [-0.15, -0.1) is 0 Å². The fourth-order valence-corrected chi connectivity index (χ4v) is 0.556. The molecule has 0 saturated heterocycles. The lowest BCUT2D eigenvalue weighted by Gasteiger charge is -1.95. The highest BCUT2D eigenvalue weighted by Gasteiger charge is 1.85. The number of nitrogens with zero attached hydrogens (tertiary/aromatic N) is 1.